The first-order valence-electron chi connectivity index (χ1n) is 4.60. The molecule has 0 saturated heterocycles. The molecule has 0 aliphatic rings. The maximum atomic E-state index is 11.2. The molecule has 0 bridgehead atoms. The van der Waals surface area contributed by atoms with E-state index in [0.717, 1.165) is 0 Å². The van der Waals surface area contributed by atoms with Gasteiger partial charge in [0, 0.05) is 6.54 Å². The van der Waals surface area contributed by atoms with Gasteiger partial charge in [-0.2, -0.15) is 0 Å². The quantitative estimate of drug-likeness (QED) is 0.595. The van der Waals surface area contributed by atoms with Gasteiger partial charge in [-0.3, -0.25) is 14.5 Å². The summed E-state index contributed by atoms with van der Waals surface area (Å²) in [5.41, 5.74) is 5.01. The second-order valence-corrected chi connectivity index (χ2v) is 3.32. The fourth-order valence-corrected chi connectivity index (χ4v) is 1.16. The van der Waals surface area contributed by atoms with Gasteiger partial charge in [0.05, 0.1) is 19.1 Å². The fourth-order valence-electron chi connectivity index (χ4n) is 1.16. The Balaban J connectivity index is 3.86. The molecule has 0 heterocycles. The molecule has 1 atom stereocenters. The van der Waals surface area contributed by atoms with Crippen LogP contribution in [0.3, 0.4) is 0 Å². The molecule has 0 aromatic rings. The first-order chi connectivity index (χ1) is 6.47. The van der Waals surface area contributed by atoms with Gasteiger partial charge in [-0.05, 0) is 14.0 Å². The van der Waals surface area contributed by atoms with Gasteiger partial charge in [0.2, 0.25) is 5.91 Å². The van der Waals surface area contributed by atoms with Crippen molar-refractivity contribution >= 4 is 11.9 Å². The number of carbonyl (C=O) groups is 2. The van der Waals surface area contributed by atoms with E-state index in [1.165, 1.54) is 0 Å². The smallest absolute Gasteiger partial charge is 0.309 e. The zero-order valence-electron chi connectivity index (χ0n) is 8.95. The maximum absolute atomic E-state index is 11.2. The third-order valence-electron chi connectivity index (χ3n) is 1.70. The third kappa shape index (κ3) is 5.53. The number of nitrogens with zero attached hydrogens (tertiary/aromatic N) is 1. The number of amides is 1. The number of likely N-dealkylation sites (N-methyl/N-ethyl adjacent to an activating group) is 1. The van der Waals surface area contributed by atoms with Crippen molar-refractivity contribution in [1.29, 1.82) is 0 Å². The molecule has 0 spiro atoms. The average Bonchev–Trinajstić information content (AvgIpc) is 2.02. The summed E-state index contributed by atoms with van der Waals surface area (Å²) in [5.74, 6) is -0.883. The maximum Gasteiger partial charge on any atom is 0.309 e. The fraction of sp³-hybridized carbons (Fsp3) is 0.778. The van der Waals surface area contributed by atoms with Gasteiger partial charge >= 0.3 is 5.97 Å². The van der Waals surface area contributed by atoms with Crippen molar-refractivity contribution in [1.82, 2.24) is 4.90 Å². The minimum atomic E-state index is -0.399. The van der Waals surface area contributed by atoms with E-state index >= 15 is 0 Å². The zero-order valence-corrected chi connectivity index (χ0v) is 8.95. The number of rotatable bonds is 6. The van der Waals surface area contributed by atoms with Gasteiger partial charge in [0.1, 0.15) is 0 Å². The summed E-state index contributed by atoms with van der Waals surface area (Å²) >= 11 is 0. The lowest BCUT2D eigenvalue weighted by Crippen LogP contribution is -2.36. The van der Waals surface area contributed by atoms with Gasteiger partial charge in [-0.1, -0.05) is 6.92 Å². The predicted molar refractivity (Wildman–Crippen MR) is 52.5 cm³/mol. The van der Waals surface area contributed by atoms with Crippen molar-refractivity contribution < 1.29 is 14.3 Å². The molecule has 0 aliphatic carbocycles. The van der Waals surface area contributed by atoms with Gasteiger partial charge in [0.15, 0.2) is 0 Å². The second kappa shape index (κ2) is 6.37. The lowest BCUT2D eigenvalue weighted by Gasteiger charge is -2.18. The number of primary amides is 1. The summed E-state index contributed by atoms with van der Waals surface area (Å²) in [6.45, 7) is 4.53. The molecule has 2 N–H and O–H groups in total. The van der Waals surface area contributed by atoms with Crippen molar-refractivity contribution in [2.45, 2.75) is 13.8 Å². The van der Waals surface area contributed by atoms with Crippen LogP contribution in [0.4, 0.5) is 0 Å². The minimum Gasteiger partial charge on any atom is -0.466 e. The van der Waals surface area contributed by atoms with Crippen LogP contribution in [0.1, 0.15) is 13.8 Å². The summed E-state index contributed by atoms with van der Waals surface area (Å²) in [4.78, 5) is 23.4. The van der Waals surface area contributed by atoms with E-state index in [1.54, 1.807) is 25.8 Å². The molecule has 5 heteroatoms. The van der Waals surface area contributed by atoms with Crippen molar-refractivity contribution in [2.24, 2.45) is 11.7 Å². The van der Waals surface area contributed by atoms with E-state index in [-0.39, 0.29) is 18.4 Å². The van der Waals surface area contributed by atoms with Gasteiger partial charge in [-0.15, -0.1) is 0 Å². The van der Waals surface area contributed by atoms with Crippen LogP contribution < -0.4 is 5.73 Å². The Bertz CT molecular complexity index is 206. The standard InChI is InChI=1S/C9H18N2O3/c1-4-14-9(13)7(2)5-11(3)6-8(10)12/h7H,4-6H2,1-3H3,(H2,10,12). The summed E-state index contributed by atoms with van der Waals surface area (Å²) in [7, 11) is 1.74. The van der Waals surface area contributed by atoms with Crippen molar-refractivity contribution in [3.8, 4) is 0 Å². The van der Waals surface area contributed by atoms with Crippen LogP contribution in [-0.2, 0) is 14.3 Å². The van der Waals surface area contributed by atoms with Crippen LogP contribution in [0.5, 0.6) is 0 Å². The lowest BCUT2D eigenvalue weighted by atomic mass is 10.2. The van der Waals surface area contributed by atoms with Crippen LogP contribution in [0.2, 0.25) is 0 Å². The van der Waals surface area contributed by atoms with Crippen LogP contribution in [-0.4, -0.2) is 43.5 Å². The van der Waals surface area contributed by atoms with E-state index in [9.17, 15) is 9.59 Å². The Hall–Kier alpha value is -1.10. The Morgan fingerprint density at radius 1 is 1.50 bits per heavy atom. The lowest BCUT2D eigenvalue weighted by molar-refractivity contribution is -0.148. The van der Waals surface area contributed by atoms with Crippen LogP contribution >= 0.6 is 0 Å². The molecule has 82 valence electrons. The first kappa shape index (κ1) is 12.9. The highest BCUT2D eigenvalue weighted by atomic mass is 16.5. The summed E-state index contributed by atoms with van der Waals surface area (Å²) in [5, 5.41) is 0. The van der Waals surface area contributed by atoms with Gasteiger partial charge in [0.25, 0.3) is 0 Å². The highest BCUT2D eigenvalue weighted by Gasteiger charge is 2.16. The number of carbonyl (C=O) groups excluding carboxylic acids is 2. The number of ether oxygens (including phenoxy) is 1. The molecule has 0 rings (SSSR count). The molecular weight excluding hydrogens is 184 g/mol. The molecular formula is C9H18N2O3. The molecule has 1 unspecified atom stereocenters. The Morgan fingerprint density at radius 2 is 2.07 bits per heavy atom. The zero-order chi connectivity index (χ0) is 11.1. The Labute approximate surface area is 84.2 Å². The normalized spacial score (nSPS) is 12.6. The van der Waals surface area contributed by atoms with E-state index in [4.69, 9.17) is 10.5 Å². The number of esters is 1. The Morgan fingerprint density at radius 3 is 2.50 bits per heavy atom. The summed E-state index contributed by atoms with van der Waals surface area (Å²) in [6, 6.07) is 0. The highest BCUT2D eigenvalue weighted by molar-refractivity contribution is 5.76. The average molecular weight is 202 g/mol. The molecule has 1 amide bonds. The van der Waals surface area contributed by atoms with Crippen molar-refractivity contribution in [3.63, 3.8) is 0 Å². The van der Waals surface area contributed by atoms with Gasteiger partial charge in [-0.25, -0.2) is 0 Å². The monoisotopic (exact) mass is 202 g/mol. The highest BCUT2D eigenvalue weighted by Crippen LogP contribution is 2.00. The molecule has 0 aromatic heterocycles. The van der Waals surface area contributed by atoms with Crippen molar-refractivity contribution in [2.75, 3.05) is 26.7 Å². The van der Waals surface area contributed by atoms with Crippen molar-refractivity contribution in [3.05, 3.63) is 0 Å². The van der Waals surface area contributed by atoms with Crippen LogP contribution in [0.25, 0.3) is 0 Å². The largest absolute Gasteiger partial charge is 0.466 e. The van der Waals surface area contributed by atoms with E-state index in [1.807, 2.05) is 0 Å². The molecule has 0 fully saturated rings. The Kier molecular flexibility index (Phi) is 5.87. The molecule has 0 aromatic carbocycles. The molecule has 0 saturated carbocycles. The first-order valence-corrected chi connectivity index (χ1v) is 4.60. The van der Waals surface area contributed by atoms with Crippen LogP contribution in [0.15, 0.2) is 0 Å². The predicted octanol–water partition coefficient (Wildman–Crippen LogP) is -0.397. The van der Waals surface area contributed by atoms with Gasteiger partial charge < -0.3 is 10.5 Å². The third-order valence-corrected chi connectivity index (χ3v) is 1.70. The summed E-state index contributed by atoms with van der Waals surface area (Å²) in [6.07, 6.45) is 0. The summed E-state index contributed by atoms with van der Waals surface area (Å²) < 4.78 is 4.83. The number of hydrogen-bond donors (Lipinski definition) is 1. The van der Waals surface area contributed by atoms with E-state index < -0.39 is 5.91 Å². The second-order valence-electron chi connectivity index (χ2n) is 3.32. The van der Waals surface area contributed by atoms with Crippen LogP contribution in [0, 0.1) is 5.92 Å². The SMILES string of the molecule is CCOC(=O)C(C)CN(C)CC(N)=O. The number of nitrogens with two attached hydrogens (primary N) is 1. The molecule has 0 aliphatic heterocycles. The number of hydrogen-bond acceptors (Lipinski definition) is 4. The topological polar surface area (TPSA) is 72.6 Å². The molecule has 0 radical (unpaired) electrons. The molecule has 14 heavy (non-hydrogen) atoms. The molecule has 5 nitrogen and oxygen atoms in total. The minimum absolute atomic E-state index is 0.156. The van der Waals surface area contributed by atoms with E-state index in [2.05, 4.69) is 0 Å². The van der Waals surface area contributed by atoms with E-state index in [0.29, 0.717) is 13.2 Å².